The van der Waals surface area contributed by atoms with Crippen LogP contribution >= 0.6 is 11.8 Å². The molecule has 0 spiro atoms. The maximum atomic E-state index is 12.5. The third-order valence-electron chi connectivity index (χ3n) is 4.40. The molecule has 1 aliphatic rings. The van der Waals surface area contributed by atoms with Crippen molar-refractivity contribution < 1.29 is 9.32 Å². The first-order valence-electron chi connectivity index (χ1n) is 8.98. The van der Waals surface area contributed by atoms with Gasteiger partial charge in [0.05, 0.1) is 17.5 Å². The summed E-state index contributed by atoms with van der Waals surface area (Å²) in [6, 6.07) is 11.9. The zero-order chi connectivity index (χ0) is 18.8. The second-order valence-electron chi connectivity index (χ2n) is 6.77. The van der Waals surface area contributed by atoms with E-state index in [-0.39, 0.29) is 11.2 Å². The van der Waals surface area contributed by atoms with E-state index in [1.807, 2.05) is 32.0 Å². The number of carbonyl (C=O) groups excluding carboxylic acids is 1. The highest BCUT2D eigenvalue weighted by atomic mass is 32.2. The zero-order valence-electron chi connectivity index (χ0n) is 15.3. The lowest BCUT2D eigenvalue weighted by atomic mass is 10.2. The van der Waals surface area contributed by atoms with Crippen molar-refractivity contribution in [1.29, 1.82) is 0 Å². The van der Waals surface area contributed by atoms with E-state index in [1.54, 1.807) is 6.07 Å². The molecular formula is C19H21N5O2S. The molecule has 1 aromatic carbocycles. The van der Waals surface area contributed by atoms with Gasteiger partial charge >= 0.3 is 0 Å². The van der Waals surface area contributed by atoms with E-state index in [4.69, 9.17) is 4.52 Å². The maximum Gasteiger partial charge on any atom is 0.240 e. The smallest absolute Gasteiger partial charge is 0.240 e. The molecule has 1 saturated carbocycles. The molecule has 0 radical (unpaired) electrons. The zero-order valence-corrected chi connectivity index (χ0v) is 16.1. The molecule has 0 saturated heterocycles. The number of amides is 1. The van der Waals surface area contributed by atoms with Crippen molar-refractivity contribution in [2.45, 2.75) is 49.6 Å². The van der Waals surface area contributed by atoms with Crippen molar-refractivity contribution in [1.82, 2.24) is 19.9 Å². The molecule has 1 N–H and O–H groups in total. The summed E-state index contributed by atoms with van der Waals surface area (Å²) in [4.78, 5) is 12.5. The quantitative estimate of drug-likeness (QED) is 0.627. The SMILES string of the molecule is Cc1cc(NC(=O)C(C)Sc2nnc(C3CC3)n2Cc2ccccc2)on1. The second kappa shape index (κ2) is 7.56. The molecule has 0 bridgehead atoms. The first kappa shape index (κ1) is 17.8. The summed E-state index contributed by atoms with van der Waals surface area (Å²) >= 11 is 1.40. The first-order valence-corrected chi connectivity index (χ1v) is 9.86. The number of aromatic nitrogens is 4. The van der Waals surface area contributed by atoms with Gasteiger partial charge in [-0.15, -0.1) is 10.2 Å². The number of carbonyl (C=O) groups is 1. The van der Waals surface area contributed by atoms with Crippen LogP contribution in [0, 0.1) is 6.92 Å². The van der Waals surface area contributed by atoms with Crippen LogP contribution in [-0.2, 0) is 11.3 Å². The maximum absolute atomic E-state index is 12.5. The number of benzene rings is 1. The van der Waals surface area contributed by atoms with Gasteiger partial charge in [0.25, 0.3) is 0 Å². The molecule has 4 rings (SSSR count). The fraction of sp³-hybridized carbons (Fsp3) is 0.368. The van der Waals surface area contributed by atoms with E-state index in [9.17, 15) is 4.79 Å². The summed E-state index contributed by atoms with van der Waals surface area (Å²) in [7, 11) is 0. The lowest BCUT2D eigenvalue weighted by molar-refractivity contribution is -0.115. The summed E-state index contributed by atoms with van der Waals surface area (Å²) < 4.78 is 7.20. The number of anilines is 1. The Balaban J connectivity index is 1.50. The van der Waals surface area contributed by atoms with Crippen LogP contribution in [-0.4, -0.2) is 31.1 Å². The largest absolute Gasteiger partial charge is 0.338 e. The minimum absolute atomic E-state index is 0.154. The molecule has 3 aromatic rings. The van der Waals surface area contributed by atoms with E-state index in [0.29, 0.717) is 18.3 Å². The minimum Gasteiger partial charge on any atom is -0.338 e. The first-order chi connectivity index (χ1) is 13.1. The Morgan fingerprint density at radius 2 is 2.11 bits per heavy atom. The Hall–Kier alpha value is -2.61. The molecule has 1 unspecified atom stereocenters. The Morgan fingerprint density at radius 1 is 1.33 bits per heavy atom. The molecule has 2 aromatic heterocycles. The van der Waals surface area contributed by atoms with Crippen molar-refractivity contribution in [3.05, 3.63) is 53.5 Å². The van der Waals surface area contributed by atoms with Crippen LogP contribution in [0.2, 0.25) is 0 Å². The van der Waals surface area contributed by atoms with E-state index >= 15 is 0 Å². The summed E-state index contributed by atoms with van der Waals surface area (Å²) in [6.07, 6.45) is 2.30. The fourth-order valence-electron chi connectivity index (χ4n) is 2.80. The predicted octanol–water partition coefficient (Wildman–Crippen LogP) is 3.62. The molecule has 140 valence electrons. The van der Waals surface area contributed by atoms with Crippen molar-refractivity contribution >= 4 is 23.6 Å². The molecule has 1 fully saturated rings. The molecule has 8 heteroatoms. The van der Waals surface area contributed by atoms with E-state index < -0.39 is 0 Å². The van der Waals surface area contributed by atoms with Gasteiger partial charge in [-0.25, -0.2) is 0 Å². The number of aryl methyl sites for hydroxylation is 1. The Labute approximate surface area is 161 Å². The number of rotatable bonds is 7. The van der Waals surface area contributed by atoms with Gasteiger partial charge in [-0.1, -0.05) is 47.3 Å². The lowest BCUT2D eigenvalue weighted by Crippen LogP contribution is -2.22. The number of thioether (sulfide) groups is 1. The van der Waals surface area contributed by atoms with Crippen molar-refractivity contribution in [3.63, 3.8) is 0 Å². The van der Waals surface area contributed by atoms with Gasteiger partial charge in [0.15, 0.2) is 5.16 Å². The van der Waals surface area contributed by atoms with Gasteiger partial charge in [-0.2, -0.15) is 0 Å². The minimum atomic E-state index is -0.346. The molecule has 27 heavy (non-hydrogen) atoms. The lowest BCUT2D eigenvalue weighted by Gasteiger charge is -2.13. The number of nitrogens with one attached hydrogen (secondary N) is 1. The van der Waals surface area contributed by atoms with Gasteiger partial charge < -0.3 is 9.09 Å². The molecule has 0 aliphatic heterocycles. The summed E-state index contributed by atoms with van der Waals surface area (Å²) in [5.74, 6) is 1.70. The third kappa shape index (κ3) is 4.21. The van der Waals surface area contributed by atoms with Crippen molar-refractivity contribution in [2.75, 3.05) is 5.32 Å². The van der Waals surface area contributed by atoms with E-state index in [2.05, 4.69) is 37.4 Å². The Bertz CT molecular complexity index is 933. The van der Waals surface area contributed by atoms with Gasteiger partial charge in [0.2, 0.25) is 11.8 Å². The second-order valence-corrected chi connectivity index (χ2v) is 8.08. The highest BCUT2D eigenvalue weighted by molar-refractivity contribution is 8.00. The van der Waals surface area contributed by atoms with E-state index in [0.717, 1.165) is 29.5 Å². The van der Waals surface area contributed by atoms with Crippen LogP contribution in [0.5, 0.6) is 0 Å². The summed E-state index contributed by atoms with van der Waals surface area (Å²) in [6.45, 7) is 4.36. The van der Waals surface area contributed by atoms with Crippen LogP contribution in [0.15, 0.2) is 46.1 Å². The molecule has 1 aliphatic carbocycles. The fourth-order valence-corrected chi connectivity index (χ4v) is 3.66. The molecule has 1 atom stereocenters. The van der Waals surface area contributed by atoms with E-state index in [1.165, 1.54) is 17.3 Å². The van der Waals surface area contributed by atoms with Crippen LogP contribution in [0.4, 0.5) is 5.88 Å². The highest BCUT2D eigenvalue weighted by Crippen LogP contribution is 2.40. The average Bonchev–Trinajstić information content (AvgIpc) is 3.32. The normalized spacial score (nSPS) is 14.9. The Kier molecular flexibility index (Phi) is 4.98. The standard InChI is InChI=1S/C19H21N5O2S/c1-12-10-16(26-23-12)20-18(25)13(2)27-19-22-21-17(15-8-9-15)24(19)11-14-6-4-3-5-7-14/h3-7,10,13,15H,8-9,11H2,1-2H3,(H,20,25). The number of nitrogens with zero attached hydrogens (tertiary/aromatic N) is 4. The highest BCUT2D eigenvalue weighted by Gasteiger charge is 2.31. The van der Waals surface area contributed by atoms with Crippen LogP contribution in [0.3, 0.4) is 0 Å². The number of hydrogen-bond donors (Lipinski definition) is 1. The molecule has 2 heterocycles. The van der Waals surface area contributed by atoms with Crippen LogP contribution < -0.4 is 5.32 Å². The number of hydrogen-bond acceptors (Lipinski definition) is 6. The summed E-state index contributed by atoms with van der Waals surface area (Å²) in [5.41, 5.74) is 1.91. The molecule has 7 nitrogen and oxygen atoms in total. The predicted molar refractivity (Wildman–Crippen MR) is 103 cm³/mol. The van der Waals surface area contributed by atoms with Crippen molar-refractivity contribution in [3.8, 4) is 0 Å². The Morgan fingerprint density at radius 3 is 2.78 bits per heavy atom. The third-order valence-corrected chi connectivity index (χ3v) is 5.48. The summed E-state index contributed by atoms with van der Waals surface area (Å²) in [5, 5.41) is 15.7. The van der Waals surface area contributed by atoms with Crippen molar-refractivity contribution in [2.24, 2.45) is 0 Å². The monoisotopic (exact) mass is 383 g/mol. The van der Waals surface area contributed by atoms with Gasteiger partial charge in [-0.3, -0.25) is 10.1 Å². The van der Waals surface area contributed by atoms with Crippen LogP contribution in [0.25, 0.3) is 0 Å². The van der Waals surface area contributed by atoms with Gasteiger partial charge in [-0.05, 0) is 32.3 Å². The topological polar surface area (TPSA) is 85.8 Å². The molecule has 1 amide bonds. The van der Waals surface area contributed by atoms with Gasteiger partial charge in [0.1, 0.15) is 5.82 Å². The molecular weight excluding hydrogens is 362 g/mol. The van der Waals surface area contributed by atoms with Crippen LogP contribution in [0.1, 0.15) is 42.8 Å². The average molecular weight is 383 g/mol. The van der Waals surface area contributed by atoms with Gasteiger partial charge in [0, 0.05) is 12.0 Å².